The second-order valence-electron chi connectivity index (χ2n) is 20.9. The number of aromatic amines is 1. The molecule has 5 heterocycles. The maximum atomic E-state index is 14.9. The number of ether oxygens (including phenoxy) is 11. The molecule has 0 radical (unpaired) electrons. The molecule has 4 fully saturated rings. The Bertz CT molecular complexity index is 2240. The lowest BCUT2D eigenvalue weighted by Crippen LogP contribution is -2.59. The van der Waals surface area contributed by atoms with E-state index in [9.17, 15) is 54.0 Å². The summed E-state index contributed by atoms with van der Waals surface area (Å²) in [5, 5.41) is 44.7. The topological polar surface area (TPSA) is 355 Å². The Kier molecular flexibility index (Phi) is 25.7. The van der Waals surface area contributed by atoms with Crippen LogP contribution >= 0.6 is 0 Å². The van der Waals surface area contributed by atoms with Gasteiger partial charge in [0.1, 0.15) is 79.3 Å². The smallest absolute Gasteiger partial charge is 0.332 e. The third-order valence-corrected chi connectivity index (χ3v) is 15.1. The molecule has 0 aromatic carbocycles. The molecule has 1 aromatic heterocycles. The predicted octanol–water partition coefficient (Wildman–Crippen LogP) is -0.856. The van der Waals surface area contributed by atoms with Gasteiger partial charge in [0, 0.05) is 66.6 Å². The van der Waals surface area contributed by atoms with E-state index in [0.29, 0.717) is 6.42 Å². The molecule has 27 heteroatoms. The molecule has 4 saturated heterocycles. The number of methoxy groups -OCH3 is 4. The van der Waals surface area contributed by atoms with Crippen molar-refractivity contribution in [3.8, 4) is 0 Å². The first-order valence-electron chi connectivity index (χ1n) is 27.2. The van der Waals surface area contributed by atoms with Crippen molar-refractivity contribution in [3.63, 3.8) is 0 Å². The second-order valence-corrected chi connectivity index (χ2v) is 20.9. The molecule has 12 unspecified atom stereocenters. The summed E-state index contributed by atoms with van der Waals surface area (Å²) in [6.45, 7) is 4.87. The van der Waals surface area contributed by atoms with E-state index in [4.69, 9.17) is 57.8 Å². The zero-order chi connectivity index (χ0) is 58.2. The molecule has 450 valence electrons. The van der Waals surface area contributed by atoms with Crippen molar-refractivity contribution >= 4 is 29.8 Å². The summed E-state index contributed by atoms with van der Waals surface area (Å²) in [6, 6.07) is -2.29. The van der Waals surface area contributed by atoms with Gasteiger partial charge in [-0.25, -0.2) is 9.59 Å². The van der Waals surface area contributed by atoms with Gasteiger partial charge in [-0.15, -0.1) is 0 Å². The first-order chi connectivity index (χ1) is 37.6. The summed E-state index contributed by atoms with van der Waals surface area (Å²) in [6.07, 6.45) is -12.0. The minimum atomic E-state index is -1.94. The van der Waals surface area contributed by atoms with Gasteiger partial charge in [-0.2, -0.15) is 0 Å². The molecule has 0 aliphatic carbocycles. The van der Waals surface area contributed by atoms with Crippen LogP contribution in [0.25, 0.3) is 0 Å². The maximum absolute atomic E-state index is 14.9. The van der Waals surface area contributed by atoms with Gasteiger partial charge in [0.15, 0.2) is 18.6 Å². The van der Waals surface area contributed by atoms with Crippen LogP contribution in [0.4, 0.5) is 0 Å². The highest BCUT2D eigenvalue weighted by atomic mass is 16.7. The van der Waals surface area contributed by atoms with E-state index in [1.54, 1.807) is 13.8 Å². The zero-order valence-electron chi connectivity index (χ0n) is 46.8. The summed E-state index contributed by atoms with van der Waals surface area (Å²) in [5.41, 5.74) is 3.99. The lowest BCUT2D eigenvalue weighted by atomic mass is 9.97. The minimum Gasteiger partial charge on any atom is -0.467 e. The van der Waals surface area contributed by atoms with Crippen molar-refractivity contribution in [2.45, 2.75) is 214 Å². The number of aliphatic hydroxyl groups excluding tert-OH is 4. The average molecular weight is 1130 g/mol. The minimum absolute atomic E-state index is 0.203. The predicted molar refractivity (Wildman–Crippen MR) is 274 cm³/mol. The first-order valence-corrected chi connectivity index (χ1v) is 27.2. The van der Waals surface area contributed by atoms with Crippen molar-refractivity contribution in [2.75, 3.05) is 55.6 Å². The quantitative estimate of drug-likeness (QED) is 0.0323. The van der Waals surface area contributed by atoms with Gasteiger partial charge < -0.3 is 83.2 Å². The number of rotatable bonds is 29. The summed E-state index contributed by atoms with van der Waals surface area (Å²) >= 11 is 0. The van der Waals surface area contributed by atoms with Crippen LogP contribution < -0.4 is 17.0 Å². The van der Waals surface area contributed by atoms with Crippen LogP contribution in [-0.2, 0) is 76.1 Å². The normalized spacial score (nSPS) is 32.5. The van der Waals surface area contributed by atoms with Crippen molar-refractivity contribution in [1.29, 1.82) is 0 Å². The third-order valence-electron chi connectivity index (χ3n) is 15.1. The molecule has 19 atom stereocenters. The molecule has 5 rings (SSSR count). The lowest BCUT2D eigenvalue weighted by Gasteiger charge is -2.43. The molecule has 7 N–H and O–H groups in total. The fraction of sp³-hybridized carbons (Fsp3) is 0.827. The van der Waals surface area contributed by atoms with Crippen LogP contribution in [0, 0.1) is 5.92 Å². The van der Waals surface area contributed by atoms with E-state index in [1.807, 2.05) is 4.98 Å². The highest BCUT2D eigenvalue weighted by Crippen LogP contribution is 2.37. The highest BCUT2D eigenvalue weighted by Gasteiger charge is 2.57. The summed E-state index contributed by atoms with van der Waals surface area (Å²) in [5.74, 6) is -4.79. The molecule has 27 nitrogen and oxygen atoms in total. The fourth-order valence-corrected chi connectivity index (χ4v) is 10.8. The van der Waals surface area contributed by atoms with Gasteiger partial charge in [-0.1, -0.05) is 65.2 Å². The Balaban J connectivity index is 1.35. The van der Waals surface area contributed by atoms with Crippen LogP contribution in [0.1, 0.15) is 110 Å². The molecule has 0 spiro atoms. The van der Waals surface area contributed by atoms with Gasteiger partial charge in [0.05, 0.1) is 19.6 Å². The molecule has 1 aromatic rings. The van der Waals surface area contributed by atoms with Crippen molar-refractivity contribution in [1.82, 2.24) is 19.4 Å². The van der Waals surface area contributed by atoms with Crippen LogP contribution in [0.3, 0.4) is 0 Å². The number of nitrogens with zero attached hydrogens (tertiary/aromatic N) is 3. The number of amides is 1. The maximum Gasteiger partial charge on any atom is 0.332 e. The van der Waals surface area contributed by atoms with Crippen molar-refractivity contribution in [2.24, 2.45) is 11.7 Å². The van der Waals surface area contributed by atoms with E-state index in [-0.39, 0.29) is 25.8 Å². The van der Waals surface area contributed by atoms with Crippen molar-refractivity contribution in [3.05, 3.63) is 33.1 Å². The van der Waals surface area contributed by atoms with Gasteiger partial charge in [-0.05, 0) is 32.7 Å². The van der Waals surface area contributed by atoms with Gasteiger partial charge >= 0.3 is 29.6 Å². The molecular weight excluding hydrogens is 1050 g/mol. The number of H-pyrrole nitrogens is 1. The summed E-state index contributed by atoms with van der Waals surface area (Å²) in [7, 11) is 8.10. The number of aliphatic hydroxyl groups is 4. The molecule has 4 aliphatic heterocycles. The average Bonchev–Trinajstić information content (AvgIpc) is 3.84. The third kappa shape index (κ3) is 16.8. The molecule has 0 saturated carbocycles. The number of aromatic nitrogens is 2. The Morgan fingerprint density at radius 2 is 1.38 bits per heavy atom. The van der Waals surface area contributed by atoms with Gasteiger partial charge in [0.25, 0.3) is 5.56 Å². The number of unbranched alkanes of at least 4 members (excludes halogenated alkanes) is 8. The number of carbonyl (C=O) groups is 5. The number of nitrogens with one attached hydrogen (secondary N) is 1. The second kappa shape index (κ2) is 31.1. The van der Waals surface area contributed by atoms with Crippen LogP contribution in [0.5, 0.6) is 0 Å². The number of hydrogen-bond donors (Lipinski definition) is 6. The molecule has 1 amide bonds. The molecule has 79 heavy (non-hydrogen) atoms. The SMILES string of the molecule is CCCCCCCCCCCC(CC(=O)O[C@H]1CN(C)C([C@@H](OC2O[C@H](CN)[C@@H](O)[C@H]2O)C2OC(n3ccc(=O)[nH]c3=O)[C@H](O)[C@@H]2O)C(=O)N(C)C1C(=O)OC)OC(=O)CC(C)CC(=O)OC1OC(C)C(OC)C(OC)C1OC. The summed E-state index contributed by atoms with van der Waals surface area (Å²) in [4.78, 5) is 98.7. The number of hydrogen-bond acceptors (Lipinski definition) is 24. The van der Waals surface area contributed by atoms with E-state index < -0.39 is 170 Å². The van der Waals surface area contributed by atoms with Crippen LogP contribution in [0.2, 0.25) is 0 Å². The number of likely N-dealkylation sites (N-methyl/N-ethyl adjacent to an activating group) is 2. The zero-order valence-corrected chi connectivity index (χ0v) is 46.8. The largest absolute Gasteiger partial charge is 0.467 e. The Morgan fingerprint density at radius 1 is 0.759 bits per heavy atom. The Labute approximate surface area is 459 Å². The van der Waals surface area contributed by atoms with E-state index in [2.05, 4.69) is 6.92 Å². The Morgan fingerprint density at radius 3 is 1.97 bits per heavy atom. The standard InChI is InChI=1S/C52H85N5O22/c1-10-11-12-13-14-15-16-17-18-19-29(74-33(59)22-27(2)23-34(60)77-51-46(71-8)45(70-7)42(69-6)28(3)73-51)24-35(61)75-31-26-55(4)37(47(66)56(5)36(31)49(67)72-9)43(79-50-41(65)38(62)30(25-53)76-50)44-39(63)40(64)48(78-44)57-21-20-32(58)54-52(57)68/h20-21,27-31,36-46,48,50-51,62-65H,10-19,22-26,53H2,1-9H3,(H,54,58,68)/t27?,28?,29?,30-,31+,36?,37?,38-,39+,40-,41-,42?,43-,44?,45?,46?,48?,50?,51?/m1/s1. The van der Waals surface area contributed by atoms with Gasteiger partial charge in [0.2, 0.25) is 12.2 Å². The van der Waals surface area contributed by atoms with E-state index >= 15 is 0 Å². The number of carbonyl (C=O) groups excluding carboxylic acids is 5. The van der Waals surface area contributed by atoms with Crippen molar-refractivity contribution < 1.29 is 96.5 Å². The molecule has 0 bridgehead atoms. The highest BCUT2D eigenvalue weighted by molar-refractivity contribution is 5.89. The van der Waals surface area contributed by atoms with E-state index in [0.717, 1.165) is 73.8 Å². The molecular formula is C52H85N5O22. The molecule has 4 aliphatic rings. The van der Waals surface area contributed by atoms with E-state index in [1.165, 1.54) is 46.7 Å². The van der Waals surface area contributed by atoms with Gasteiger partial charge in [-0.3, -0.25) is 38.4 Å². The van der Waals surface area contributed by atoms with Crippen LogP contribution in [-0.4, -0.2) is 229 Å². The monoisotopic (exact) mass is 1130 g/mol. The first kappa shape index (κ1) is 65.3. The Hall–Kier alpha value is -4.49. The summed E-state index contributed by atoms with van der Waals surface area (Å²) < 4.78 is 64.2. The van der Waals surface area contributed by atoms with Crippen LogP contribution in [0.15, 0.2) is 21.9 Å². The number of esters is 4. The fourth-order valence-electron chi connectivity index (χ4n) is 10.8. The number of nitrogens with two attached hydrogens (primary N) is 1. The lowest BCUT2D eigenvalue weighted by molar-refractivity contribution is -0.297.